The highest BCUT2D eigenvalue weighted by molar-refractivity contribution is 7.10. The van der Waals surface area contributed by atoms with Crippen molar-refractivity contribution in [1.82, 2.24) is 19.4 Å². The van der Waals surface area contributed by atoms with Crippen molar-refractivity contribution in [3.8, 4) is 0 Å². The third-order valence-electron chi connectivity index (χ3n) is 4.31. The van der Waals surface area contributed by atoms with Crippen LogP contribution in [0.1, 0.15) is 32.4 Å². The monoisotopic (exact) mass is 281 g/mol. The Bertz CT molecular complexity index is 421. The van der Waals surface area contributed by atoms with Gasteiger partial charge in [0, 0.05) is 49.8 Å². The summed E-state index contributed by atoms with van der Waals surface area (Å²) >= 11 is 1.47. The number of hydrogen-bond acceptors (Lipinski definition) is 6. The molecule has 5 nitrogen and oxygen atoms in total. The van der Waals surface area contributed by atoms with Crippen LogP contribution < -0.4 is 5.32 Å². The fourth-order valence-electron chi connectivity index (χ4n) is 3.27. The van der Waals surface area contributed by atoms with E-state index in [4.69, 9.17) is 0 Å². The summed E-state index contributed by atoms with van der Waals surface area (Å²) in [5, 5.41) is 8.81. The Balaban J connectivity index is 1.66. The number of nitrogens with one attached hydrogen (secondary N) is 1. The van der Waals surface area contributed by atoms with Gasteiger partial charge in [-0.25, -0.2) is 0 Å². The Morgan fingerprint density at radius 1 is 1.42 bits per heavy atom. The predicted molar refractivity (Wildman–Crippen MR) is 78.5 cm³/mol. The summed E-state index contributed by atoms with van der Waals surface area (Å²) in [5.41, 5.74) is 1.12. The van der Waals surface area contributed by atoms with Crippen molar-refractivity contribution in [1.29, 1.82) is 0 Å². The summed E-state index contributed by atoms with van der Waals surface area (Å²) < 4.78 is 4.09. The molecule has 0 aliphatic carbocycles. The molecule has 2 aliphatic heterocycles. The average molecular weight is 281 g/mol. The van der Waals surface area contributed by atoms with E-state index in [0.29, 0.717) is 6.04 Å². The second-order valence-corrected chi connectivity index (χ2v) is 6.40. The lowest BCUT2D eigenvalue weighted by atomic mass is 10.1. The average Bonchev–Trinajstić information content (AvgIpc) is 3.00. The second-order valence-electron chi connectivity index (χ2n) is 5.65. The van der Waals surface area contributed by atoms with E-state index in [9.17, 15) is 0 Å². The zero-order valence-electron chi connectivity index (χ0n) is 11.8. The van der Waals surface area contributed by atoms with Crippen LogP contribution in [0, 0.1) is 0 Å². The SMILES string of the molecule is CCNc1snnc1CN1CC2CCCN2CC1C. The van der Waals surface area contributed by atoms with Crippen molar-refractivity contribution in [2.45, 2.75) is 45.3 Å². The molecule has 0 saturated carbocycles. The van der Waals surface area contributed by atoms with Crippen LogP contribution in [0.15, 0.2) is 0 Å². The Kier molecular flexibility index (Phi) is 4.00. The van der Waals surface area contributed by atoms with Crippen LogP contribution in [0.5, 0.6) is 0 Å². The van der Waals surface area contributed by atoms with Gasteiger partial charge >= 0.3 is 0 Å². The first-order chi connectivity index (χ1) is 9.28. The minimum Gasteiger partial charge on any atom is -0.374 e. The molecule has 19 heavy (non-hydrogen) atoms. The van der Waals surface area contributed by atoms with E-state index in [0.717, 1.165) is 29.8 Å². The van der Waals surface area contributed by atoms with Crippen molar-refractivity contribution in [2.75, 3.05) is 31.5 Å². The molecular weight excluding hydrogens is 258 g/mol. The molecular formula is C13H23N5S. The minimum atomic E-state index is 0.616. The van der Waals surface area contributed by atoms with Gasteiger partial charge in [0.05, 0.1) is 0 Å². The molecule has 3 heterocycles. The van der Waals surface area contributed by atoms with Crippen LogP contribution in [-0.4, -0.2) is 57.6 Å². The van der Waals surface area contributed by atoms with Crippen LogP contribution in [-0.2, 0) is 6.54 Å². The van der Waals surface area contributed by atoms with Gasteiger partial charge < -0.3 is 5.32 Å². The van der Waals surface area contributed by atoms with E-state index >= 15 is 0 Å². The molecule has 3 rings (SSSR count). The first kappa shape index (κ1) is 13.3. The number of rotatable bonds is 4. The van der Waals surface area contributed by atoms with Gasteiger partial charge in [-0.2, -0.15) is 0 Å². The predicted octanol–water partition coefficient (Wildman–Crippen LogP) is 1.64. The van der Waals surface area contributed by atoms with Gasteiger partial charge in [0.25, 0.3) is 0 Å². The van der Waals surface area contributed by atoms with E-state index < -0.39 is 0 Å². The number of anilines is 1. The van der Waals surface area contributed by atoms with Crippen molar-refractivity contribution in [2.24, 2.45) is 0 Å². The molecule has 1 aromatic rings. The lowest BCUT2D eigenvalue weighted by Crippen LogP contribution is -2.54. The lowest BCUT2D eigenvalue weighted by Gasteiger charge is -2.42. The van der Waals surface area contributed by atoms with E-state index in [1.807, 2.05) is 0 Å². The van der Waals surface area contributed by atoms with Gasteiger partial charge in [0.1, 0.15) is 10.7 Å². The van der Waals surface area contributed by atoms with Crippen molar-refractivity contribution in [3.63, 3.8) is 0 Å². The maximum atomic E-state index is 4.30. The minimum absolute atomic E-state index is 0.616. The topological polar surface area (TPSA) is 44.3 Å². The highest BCUT2D eigenvalue weighted by Crippen LogP contribution is 2.27. The molecule has 0 amide bonds. The zero-order valence-corrected chi connectivity index (χ0v) is 12.6. The van der Waals surface area contributed by atoms with E-state index in [1.54, 1.807) is 0 Å². The summed E-state index contributed by atoms with van der Waals surface area (Å²) in [7, 11) is 0. The summed E-state index contributed by atoms with van der Waals surface area (Å²) in [6.07, 6.45) is 2.73. The molecule has 2 saturated heterocycles. The van der Waals surface area contributed by atoms with Crippen LogP contribution in [0.2, 0.25) is 0 Å². The molecule has 1 aromatic heterocycles. The third kappa shape index (κ3) is 2.75. The Morgan fingerprint density at radius 3 is 3.16 bits per heavy atom. The van der Waals surface area contributed by atoms with E-state index in [2.05, 4.69) is 38.6 Å². The number of fused-ring (bicyclic) bond motifs is 1. The molecule has 2 atom stereocenters. The highest BCUT2D eigenvalue weighted by Gasteiger charge is 2.34. The summed E-state index contributed by atoms with van der Waals surface area (Å²) in [6, 6.07) is 1.39. The highest BCUT2D eigenvalue weighted by atomic mass is 32.1. The summed E-state index contributed by atoms with van der Waals surface area (Å²) in [5.74, 6) is 0. The summed E-state index contributed by atoms with van der Waals surface area (Å²) in [6.45, 7) is 10.0. The normalized spacial score (nSPS) is 28.5. The fourth-order valence-corrected chi connectivity index (χ4v) is 3.91. The first-order valence-electron chi connectivity index (χ1n) is 7.31. The maximum absolute atomic E-state index is 4.30. The molecule has 2 unspecified atom stereocenters. The second kappa shape index (κ2) is 5.73. The number of aromatic nitrogens is 2. The van der Waals surface area contributed by atoms with Crippen molar-refractivity contribution >= 4 is 16.5 Å². The molecule has 0 bridgehead atoms. The van der Waals surface area contributed by atoms with Gasteiger partial charge in [0.2, 0.25) is 0 Å². The van der Waals surface area contributed by atoms with Crippen LogP contribution >= 0.6 is 11.5 Å². The standard InChI is InChI=1S/C13H23N5S/c1-3-14-13-12(15-16-19-13)9-18-8-11-5-4-6-17(11)7-10(18)2/h10-11,14H,3-9H2,1-2H3. The molecule has 0 spiro atoms. The van der Waals surface area contributed by atoms with Gasteiger partial charge in [-0.05, 0) is 33.2 Å². The van der Waals surface area contributed by atoms with E-state index in [1.165, 1.54) is 44.0 Å². The third-order valence-corrected chi connectivity index (χ3v) is 5.04. The quantitative estimate of drug-likeness (QED) is 0.909. The Labute approximate surface area is 119 Å². The smallest absolute Gasteiger partial charge is 0.134 e. The fraction of sp³-hybridized carbons (Fsp3) is 0.846. The van der Waals surface area contributed by atoms with E-state index in [-0.39, 0.29) is 0 Å². The molecule has 106 valence electrons. The van der Waals surface area contributed by atoms with Crippen molar-refractivity contribution < 1.29 is 0 Å². The first-order valence-corrected chi connectivity index (χ1v) is 8.08. The van der Waals surface area contributed by atoms with Crippen LogP contribution in [0.4, 0.5) is 5.00 Å². The zero-order chi connectivity index (χ0) is 13.2. The molecule has 2 fully saturated rings. The Morgan fingerprint density at radius 2 is 2.32 bits per heavy atom. The number of nitrogens with zero attached hydrogens (tertiary/aromatic N) is 4. The molecule has 2 aliphatic rings. The number of piperazine rings is 1. The van der Waals surface area contributed by atoms with Crippen molar-refractivity contribution in [3.05, 3.63) is 5.69 Å². The summed E-state index contributed by atoms with van der Waals surface area (Å²) in [4.78, 5) is 5.23. The van der Waals surface area contributed by atoms with Crippen LogP contribution in [0.25, 0.3) is 0 Å². The lowest BCUT2D eigenvalue weighted by molar-refractivity contribution is 0.0533. The Hall–Kier alpha value is -0.720. The van der Waals surface area contributed by atoms with Gasteiger partial charge in [-0.15, -0.1) is 5.10 Å². The molecule has 0 aromatic carbocycles. The van der Waals surface area contributed by atoms with Gasteiger partial charge in [-0.1, -0.05) is 4.49 Å². The van der Waals surface area contributed by atoms with Gasteiger partial charge in [0.15, 0.2) is 0 Å². The van der Waals surface area contributed by atoms with Gasteiger partial charge in [-0.3, -0.25) is 9.80 Å². The largest absolute Gasteiger partial charge is 0.374 e. The molecule has 1 N–H and O–H groups in total. The number of hydrogen-bond donors (Lipinski definition) is 1. The molecule has 0 radical (unpaired) electrons. The van der Waals surface area contributed by atoms with Crippen LogP contribution in [0.3, 0.4) is 0 Å². The molecule has 6 heteroatoms. The maximum Gasteiger partial charge on any atom is 0.134 e.